The van der Waals surface area contributed by atoms with Gasteiger partial charge in [-0.1, -0.05) is 0 Å². The first-order chi connectivity index (χ1) is 6.43. The Hall–Kier alpha value is -0.760. The predicted octanol–water partition coefficient (Wildman–Crippen LogP) is 1.60. The van der Waals surface area contributed by atoms with Gasteiger partial charge in [0.15, 0.2) is 0 Å². The van der Waals surface area contributed by atoms with E-state index >= 15 is 0 Å². The predicted molar refractivity (Wildman–Crippen MR) is 50.6 cm³/mol. The molecule has 0 bridgehead atoms. The first-order valence-electron chi connectivity index (χ1n) is 5.18. The van der Waals surface area contributed by atoms with Gasteiger partial charge in [0.25, 0.3) is 0 Å². The monoisotopic (exact) mass is 177 g/mol. The zero-order valence-corrected chi connectivity index (χ0v) is 7.75. The normalized spacial score (nSPS) is 32.3. The molecule has 2 aliphatic rings. The number of fused-ring (bicyclic) bond motifs is 2. The van der Waals surface area contributed by atoms with Gasteiger partial charge in [-0.25, -0.2) is 0 Å². The molecule has 0 radical (unpaired) electrons. The van der Waals surface area contributed by atoms with Crippen molar-refractivity contribution in [1.82, 2.24) is 5.32 Å². The van der Waals surface area contributed by atoms with Gasteiger partial charge in [0.05, 0.1) is 12.5 Å². The number of hydrogen-bond acceptors (Lipinski definition) is 2. The van der Waals surface area contributed by atoms with Crippen LogP contribution in [0.4, 0.5) is 0 Å². The summed E-state index contributed by atoms with van der Waals surface area (Å²) in [6, 6.07) is 0. The Morgan fingerprint density at radius 1 is 1.15 bits per heavy atom. The summed E-state index contributed by atoms with van der Waals surface area (Å²) in [4.78, 5) is 0. The van der Waals surface area contributed by atoms with E-state index in [0.717, 1.165) is 11.8 Å². The standard InChI is InChI=1S/C11H15NO/c1-2-12-5-9-4-11-7-13-6-10(11)3-8(1)9/h6-9,12H,1-5H2. The van der Waals surface area contributed by atoms with Gasteiger partial charge in [-0.2, -0.15) is 0 Å². The summed E-state index contributed by atoms with van der Waals surface area (Å²) in [5.41, 5.74) is 2.91. The van der Waals surface area contributed by atoms with Crippen molar-refractivity contribution >= 4 is 0 Å². The molecule has 3 rings (SSSR count). The summed E-state index contributed by atoms with van der Waals surface area (Å²) in [7, 11) is 0. The molecule has 0 aromatic carbocycles. The highest BCUT2D eigenvalue weighted by Crippen LogP contribution is 2.33. The van der Waals surface area contributed by atoms with Crippen molar-refractivity contribution in [3.8, 4) is 0 Å². The van der Waals surface area contributed by atoms with Crippen LogP contribution in [0, 0.1) is 11.8 Å². The molecule has 0 spiro atoms. The quantitative estimate of drug-likeness (QED) is 0.651. The molecule has 0 saturated carbocycles. The molecule has 1 N–H and O–H groups in total. The van der Waals surface area contributed by atoms with Crippen molar-refractivity contribution in [3.05, 3.63) is 23.7 Å². The minimum absolute atomic E-state index is 0.860. The Labute approximate surface area is 78.3 Å². The highest BCUT2D eigenvalue weighted by Gasteiger charge is 2.31. The van der Waals surface area contributed by atoms with Crippen LogP contribution in [0.25, 0.3) is 0 Å². The van der Waals surface area contributed by atoms with Crippen LogP contribution in [0.3, 0.4) is 0 Å². The van der Waals surface area contributed by atoms with Crippen molar-refractivity contribution in [2.75, 3.05) is 13.1 Å². The fourth-order valence-electron chi connectivity index (χ4n) is 2.76. The lowest BCUT2D eigenvalue weighted by Gasteiger charge is -2.35. The molecule has 2 nitrogen and oxygen atoms in total. The van der Waals surface area contributed by atoms with Gasteiger partial charge >= 0.3 is 0 Å². The topological polar surface area (TPSA) is 25.2 Å². The zero-order valence-electron chi connectivity index (χ0n) is 7.75. The molecule has 1 aliphatic heterocycles. The molecule has 1 aromatic heterocycles. The molecule has 0 amide bonds. The molecule has 1 aromatic rings. The van der Waals surface area contributed by atoms with Gasteiger partial charge in [-0.05, 0) is 55.3 Å². The van der Waals surface area contributed by atoms with E-state index in [-0.39, 0.29) is 0 Å². The van der Waals surface area contributed by atoms with Crippen LogP contribution in [0.15, 0.2) is 16.9 Å². The van der Waals surface area contributed by atoms with Gasteiger partial charge in [0.1, 0.15) is 0 Å². The Bertz CT molecular complexity index is 276. The Morgan fingerprint density at radius 2 is 1.92 bits per heavy atom. The van der Waals surface area contributed by atoms with Gasteiger partial charge in [0.2, 0.25) is 0 Å². The first kappa shape index (κ1) is 7.63. The Morgan fingerprint density at radius 3 is 2.77 bits per heavy atom. The van der Waals surface area contributed by atoms with Crippen molar-refractivity contribution in [1.29, 1.82) is 0 Å². The van der Waals surface area contributed by atoms with E-state index in [1.807, 2.05) is 12.5 Å². The van der Waals surface area contributed by atoms with Gasteiger partial charge < -0.3 is 9.73 Å². The number of hydrogen-bond donors (Lipinski definition) is 1. The van der Waals surface area contributed by atoms with E-state index < -0.39 is 0 Å². The molecule has 2 unspecified atom stereocenters. The molecule has 2 heterocycles. The van der Waals surface area contributed by atoms with Crippen molar-refractivity contribution in [3.63, 3.8) is 0 Å². The summed E-state index contributed by atoms with van der Waals surface area (Å²) in [6.07, 6.45) is 7.69. The highest BCUT2D eigenvalue weighted by molar-refractivity contribution is 5.25. The maximum absolute atomic E-state index is 5.25. The summed E-state index contributed by atoms with van der Waals surface area (Å²) >= 11 is 0. The van der Waals surface area contributed by atoms with Crippen molar-refractivity contribution in [2.24, 2.45) is 11.8 Å². The van der Waals surface area contributed by atoms with E-state index in [4.69, 9.17) is 4.42 Å². The fourth-order valence-corrected chi connectivity index (χ4v) is 2.76. The number of furan rings is 1. The fraction of sp³-hybridized carbons (Fsp3) is 0.636. The largest absolute Gasteiger partial charge is 0.472 e. The molecule has 13 heavy (non-hydrogen) atoms. The minimum atomic E-state index is 0.860. The van der Waals surface area contributed by atoms with Gasteiger partial charge in [-0.3, -0.25) is 0 Å². The molecule has 1 fully saturated rings. The van der Waals surface area contributed by atoms with Crippen LogP contribution < -0.4 is 5.32 Å². The van der Waals surface area contributed by atoms with Crippen molar-refractivity contribution in [2.45, 2.75) is 19.3 Å². The molecular formula is C11H15NO. The molecule has 2 heteroatoms. The second kappa shape index (κ2) is 2.88. The molecule has 2 atom stereocenters. The maximum Gasteiger partial charge on any atom is 0.0937 e. The third kappa shape index (κ3) is 1.20. The number of nitrogens with one attached hydrogen (secondary N) is 1. The van der Waals surface area contributed by atoms with E-state index in [9.17, 15) is 0 Å². The van der Waals surface area contributed by atoms with E-state index in [2.05, 4.69) is 5.32 Å². The van der Waals surface area contributed by atoms with Crippen LogP contribution in [0.2, 0.25) is 0 Å². The van der Waals surface area contributed by atoms with Crippen LogP contribution >= 0.6 is 0 Å². The molecular weight excluding hydrogens is 162 g/mol. The average molecular weight is 177 g/mol. The SMILES string of the molecule is c1occ2c1CC1CCNCC1C2. The van der Waals surface area contributed by atoms with Gasteiger partial charge in [0, 0.05) is 0 Å². The summed E-state index contributed by atoms with van der Waals surface area (Å²) in [5.74, 6) is 1.77. The lowest BCUT2D eigenvalue weighted by atomic mass is 9.74. The van der Waals surface area contributed by atoms with Crippen LogP contribution in [0.5, 0.6) is 0 Å². The smallest absolute Gasteiger partial charge is 0.0937 e. The minimum Gasteiger partial charge on any atom is -0.472 e. The lowest BCUT2D eigenvalue weighted by molar-refractivity contribution is 0.238. The van der Waals surface area contributed by atoms with Crippen LogP contribution in [0.1, 0.15) is 17.5 Å². The van der Waals surface area contributed by atoms with Crippen LogP contribution in [-0.4, -0.2) is 13.1 Å². The van der Waals surface area contributed by atoms with E-state index in [1.165, 1.54) is 43.5 Å². The summed E-state index contributed by atoms with van der Waals surface area (Å²) < 4.78 is 5.25. The van der Waals surface area contributed by atoms with E-state index in [1.54, 1.807) is 0 Å². The second-order valence-electron chi connectivity index (χ2n) is 4.34. The van der Waals surface area contributed by atoms with E-state index in [0.29, 0.717) is 0 Å². The summed E-state index contributed by atoms with van der Waals surface area (Å²) in [5, 5.41) is 3.48. The summed E-state index contributed by atoms with van der Waals surface area (Å²) in [6.45, 7) is 2.41. The second-order valence-corrected chi connectivity index (χ2v) is 4.34. The number of rotatable bonds is 0. The lowest BCUT2D eigenvalue weighted by Crippen LogP contribution is -2.40. The first-order valence-corrected chi connectivity index (χ1v) is 5.18. The number of piperidine rings is 1. The van der Waals surface area contributed by atoms with Crippen molar-refractivity contribution < 1.29 is 4.42 Å². The molecule has 1 saturated heterocycles. The highest BCUT2D eigenvalue weighted by atomic mass is 16.3. The zero-order chi connectivity index (χ0) is 8.67. The average Bonchev–Trinajstić information content (AvgIpc) is 2.61. The third-order valence-electron chi connectivity index (χ3n) is 3.56. The maximum atomic E-state index is 5.25. The molecule has 1 aliphatic carbocycles. The van der Waals surface area contributed by atoms with Gasteiger partial charge in [-0.15, -0.1) is 0 Å². The molecule has 70 valence electrons. The third-order valence-corrected chi connectivity index (χ3v) is 3.56. The Balaban J connectivity index is 1.89. The van der Waals surface area contributed by atoms with Crippen LogP contribution in [-0.2, 0) is 12.8 Å². The Kier molecular flexibility index (Phi) is 1.69.